The highest BCUT2D eigenvalue weighted by atomic mass is 32.1. The van der Waals surface area contributed by atoms with Gasteiger partial charge < -0.3 is 9.84 Å². The number of hydrogen-bond donors (Lipinski definition) is 1. The van der Waals surface area contributed by atoms with Gasteiger partial charge in [0.25, 0.3) is 0 Å². The van der Waals surface area contributed by atoms with Crippen LogP contribution in [0.15, 0.2) is 28.1 Å². The van der Waals surface area contributed by atoms with Crippen molar-refractivity contribution in [3.63, 3.8) is 0 Å². The molecule has 2 aromatic heterocycles. The van der Waals surface area contributed by atoms with Crippen molar-refractivity contribution in [2.45, 2.75) is 45.3 Å². The van der Waals surface area contributed by atoms with Crippen LogP contribution in [0.25, 0.3) is 10.6 Å². The van der Waals surface area contributed by atoms with Gasteiger partial charge in [0.15, 0.2) is 5.76 Å². The van der Waals surface area contributed by atoms with Crippen molar-refractivity contribution in [3.05, 3.63) is 29.3 Å². The van der Waals surface area contributed by atoms with Crippen molar-refractivity contribution in [1.82, 2.24) is 15.4 Å². The van der Waals surface area contributed by atoms with Gasteiger partial charge in [0.05, 0.1) is 10.6 Å². The number of hydrogen-bond acceptors (Lipinski definition) is 5. The fraction of sp³-hybridized carbons (Fsp3) is 0.562. The van der Waals surface area contributed by atoms with Gasteiger partial charge in [-0.15, -0.1) is 11.3 Å². The lowest BCUT2D eigenvalue weighted by Gasteiger charge is -2.28. The molecule has 21 heavy (non-hydrogen) atoms. The van der Waals surface area contributed by atoms with Crippen molar-refractivity contribution in [3.8, 4) is 10.6 Å². The summed E-state index contributed by atoms with van der Waals surface area (Å²) >= 11 is 1.68. The lowest BCUT2D eigenvalue weighted by atomic mass is 10.2. The third-order valence-corrected chi connectivity index (χ3v) is 4.92. The highest BCUT2D eigenvalue weighted by Crippen LogP contribution is 2.25. The predicted molar refractivity (Wildman–Crippen MR) is 86.4 cm³/mol. The predicted octanol–water partition coefficient (Wildman–Crippen LogP) is 3.37. The molecule has 1 saturated heterocycles. The van der Waals surface area contributed by atoms with Crippen LogP contribution in [0.5, 0.6) is 0 Å². The summed E-state index contributed by atoms with van der Waals surface area (Å²) in [7, 11) is 0. The Morgan fingerprint density at radius 3 is 3.10 bits per heavy atom. The number of nitrogens with one attached hydrogen (secondary N) is 1. The molecule has 1 aliphatic heterocycles. The minimum atomic E-state index is 0.509. The van der Waals surface area contributed by atoms with Crippen LogP contribution in [-0.2, 0) is 6.54 Å². The van der Waals surface area contributed by atoms with Crippen molar-refractivity contribution in [2.75, 3.05) is 13.1 Å². The Morgan fingerprint density at radius 2 is 2.43 bits per heavy atom. The zero-order chi connectivity index (χ0) is 14.7. The van der Waals surface area contributed by atoms with Gasteiger partial charge >= 0.3 is 0 Å². The topological polar surface area (TPSA) is 41.3 Å². The number of nitrogens with zero attached hydrogens (tertiary/aromatic N) is 2. The largest absolute Gasteiger partial charge is 0.355 e. The Bertz CT molecular complexity index is 544. The van der Waals surface area contributed by atoms with Crippen molar-refractivity contribution in [1.29, 1.82) is 0 Å². The minimum Gasteiger partial charge on any atom is -0.355 e. The molecule has 2 aromatic rings. The zero-order valence-corrected chi connectivity index (χ0v) is 13.5. The quantitative estimate of drug-likeness (QED) is 0.888. The molecule has 0 aliphatic carbocycles. The molecule has 4 nitrogen and oxygen atoms in total. The lowest BCUT2D eigenvalue weighted by molar-refractivity contribution is 0.189. The maximum absolute atomic E-state index is 5.48. The Hall–Kier alpha value is -1.17. The second-order valence-corrected chi connectivity index (χ2v) is 6.92. The molecule has 0 spiro atoms. The van der Waals surface area contributed by atoms with E-state index in [2.05, 4.69) is 46.7 Å². The molecule has 3 rings (SSSR count). The van der Waals surface area contributed by atoms with Gasteiger partial charge in [-0.3, -0.25) is 4.90 Å². The maximum atomic E-state index is 5.48. The van der Waals surface area contributed by atoms with Gasteiger partial charge in [-0.1, -0.05) is 11.2 Å². The van der Waals surface area contributed by atoms with E-state index in [0.29, 0.717) is 12.1 Å². The molecule has 0 aromatic carbocycles. The summed E-state index contributed by atoms with van der Waals surface area (Å²) in [5, 5.41) is 9.87. The molecule has 114 valence electrons. The molecule has 1 atom stereocenters. The van der Waals surface area contributed by atoms with Gasteiger partial charge in [-0.2, -0.15) is 0 Å². The molecule has 3 heterocycles. The van der Waals surface area contributed by atoms with Crippen molar-refractivity contribution >= 4 is 11.3 Å². The van der Waals surface area contributed by atoms with Crippen LogP contribution in [0, 0.1) is 0 Å². The minimum absolute atomic E-state index is 0.509. The highest BCUT2D eigenvalue weighted by molar-refractivity contribution is 7.13. The van der Waals surface area contributed by atoms with Crippen LogP contribution in [0.2, 0.25) is 0 Å². The molecular weight excluding hydrogens is 282 g/mol. The average molecular weight is 305 g/mol. The first kappa shape index (κ1) is 14.8. The van der Waals surface area contributed by atoms with E-state index < -0.39 is 0 Å². The van der Waals surface area contributed by atoms with Gasteiger partial charge in [0, 0.05) is 31.2 Å². The Kier molecular flexibility index (Phi) is 4.73. The molecule has 0 bridgehead atoms. The van der Waals surface area contributed by atoms with Crippen molar-refractivity contribution < 1.29 is 4.52 Å². The smallest absolute Gasteiger partial charge is 0.177 e. The van der Waals surface area contributed by atoms with Crippen molar-refractivity contribution in [2.24, 2.45) is 0 Å². The molecule has 0 saturated carbocycles. The van der Waals surface area contributed by atoms with E-state index in [1.807, 2.05) is 6.07 Å². The van der Waals surface area contributed by atoms with Gasteiger partial charge in [-0.05, 0) is 44.7 Å². The van der Waals surface area contributed by atoms with Gasteiger partial charge in [-0.25, -0.2) is 0 Å². The van der Waals surface area contributed by atoms with Gasteiger partial charge in [0.2, 0.25) is 0 Å². The summed E-state index contributed by atoms with van der Waals surface area (Å²) in [6, 6.07) is 7.31. The third kappa shape index (κ3) is 3.73. The molecule has 1 fully saturated rings. The van der Waals surface area contributed by atoms with E-state index in [1.165, 1.54) is 12.8 Å². The molecule has 1 N–H and O–H groups in total. The van der Waals surface area contributed by atoms with Crippen LogP contribution >= 0.6 is 11.3 Å². The Labute approximate surface area is 130 Å². The fourth-order valence-corrected chi connectivity index (χ4v) is 3.46. The standard InChI is InChI=1S/C16H23N3OS/c1-12(2)19(10-13-5-3-7-17-13)11-14-9-15(20-18-14)16-6-4-8-21-16/h4,6,8-9,12-13,17H,3,5,7,10-11H2,1-2H3. The van der Waals surface area contributed by atoms with E-state index in [0.717, 1.165) is 36.0 Å². The first-order chi connectivity index (χ1) is 10.2. The Balaban J connectivity index is 1.65. The van der Waals surface area contributed by atoms with Crippen LogP contribution < -0.4 is 5.32 Å². The summed E-state index contributed by atoms with van der Waals surface area (Å²) in [6.45, 7) is 7.58. The van der Waals surface area contributed by atoms with Gasteiger partial charge in [0.1, 0.15) is 0 Å². The van der Waals surface area contributed by atoms with E-state index in [9.17, 15) is 0 Å². The van der Waals surface area contributed by atoms with Crippen LogP contribution in [0.4, 0.5) is 0 Å². The molecule has 1 unspecified atom stereocenters. The summed E-state index contributed by atoms with van der Waals surface area (Å²) in [6.07, 6.45) is 2.57. The number of thiophene rings is 1. The van der Waals surface area contributed by atoms with E-state index >= 15 is 0 Å². The number of rotatable bonds is 6. The monoisotopic (exact) mass is 305 g/mol. The normalized spacial score (nSPS) is 19.0. The molecule has 5 heteroatoms. The van der Waals surface area contributed by atoms with E-state index in [-0.39, 0.29) is 0 Å². The molecular formula is C16H23N3OS. The Morgan fingerprint density at radius 1 is 1.52 bits per heavy atom. The SMILES string of the molecule is CC(C)N(Cc1cc(-c2cccs2)on1)CC1CCCN1. The molecule has 0 radical (unpaired) electrons. The first-order valence-electron chi connectivity index (χ1n) is 7.69. The third-order valence-electron chi connectivity index (χ3n) is 4.04. The second kappa shape index (κ2) is 6.73. The average Bonchev–Trinajstić information content (AvgIpc) is 3.20. The summed E-state index contributed by atoms with van der Waals surface area (Å²) in [5.41, 5.74) is 1.02. The van der Waals surface area contributed by atoms with Crippen LogP contribution in [0.1, 0.15) is 32.4 Å². The maximum Gasteiger partial charge on any atom is 0.177 e. The first-order valence-corrected chi connectivity index (χ1v) is 8.57. The fourth-order valence-electron chi connectivity index (χ4n) is 2.78. The molecule has 1 aliphatic rings. The zero-order valence-electron chi connectivity index (χ0n) is 12.7. The highest BCUT2D eigenvalue weighted by Gasteiger charge is 2.21. The summed E-state index contributed by atoms with van der Waals surface area (Å²) in [5.74, 6) is 0.877. The lowest BCUT2D eigenvalue weighted by Crippen LogP contribution is -2.40. The second-order valence-electron chi connectivity index (χ2n) is 5.98. The summed E-state index contributed by atoms with van der Waals surface area (Å²) in [4.78, 5) is 3.61. The number of aromatic nitrogens is 1. The van der Waals surface area contributed by atoms with Crippen LogP contribution in [0.3, 0.4) is 0 Å². The van der Waals surface area contributed by atoms with Crippen LogP contribution in [-0.4, -0.2) is 35.2 Å². The molecule has 0 amide bonds. The van der Waals surface area contributed by atoms with E-state index in [1.54, 1.807) is 11.3 Å². The van der Waals surface area contributed by atoms with E-state index in [4.69, 9.17) is 4.52 Å². The summed E-state index contributed by atoms with van der Waals surface area (Å²) < 4.78 is 5.48.